The van der Waals surface area contributed by atoms with E-state index in [2.05, 4.69) is 4.90 Å². The predicted molar refractivity (Wildman–Crippen MR) is 79.3 cm³/mol. The quantitative estimate of drug-likeness (QED) is 0.939. The minimum absolute atomic E-state index is 0.464. The average molecular weight is 288 g/mol. The van der Waals surface area contributed by atoms with Gasteiger partial charge in [-0.1, -0.05) is 48.0 Å². The Labute approximate surface area is 122 Å². The van der Waals surface area contributed by atoms with Crippen molar-refractivity contribution in [2.24, 2.45) is 0 Å². The Hall–Kier alpha value is -2.00. The molecule has 0 bridgehead atoms. The van der Waals surface area contributed by atoms with Crippen molar-refractivity contribution in [1.29, 1.82) is 0 Å². The lowest BCUT2D eigenvalue weighted by Crippen LogP contribution is -2.24. The van der Waals surface area contributed by atoms with Crippen LogP contribution in [0.15, 0.2) is 48.5 Å². The minimum atomic E-state index is -0.779. The molecule has 0 saturated heterocycles. The number of rotatable bonds is 3. The molecule has 3 rings (SSSR count). The van der Waals surface area contributed by atoms with E-state index in [1.54, 1.807) is 0 Å². The smallest absolute Gasteiger partial charge is 0.312 e. The zero-order valence-corrected chi connectivity index (χ0v) is 11.5. The van der Waals surface area contributed by atoms with Crippen LogP contribution in [0.25, 0.3) is 0 Å². The van der Waals surface area contributed by atoms with Gasteiger partial charge in [0, 0.05) is 23.8 Å². The Morgan fingerprint density at radius 3 is 2.65 bits per heavy atom. The highest BCUT2D eigenvalue weighted by Crippen LogP contribution is 2.37. The zero-order valence-electron chi connectivity index (χ0n) is 10.8. The molecule has 4 heteroatoms. The van der Waals surface area contributed by atoms with E-state index in [9.17, 15) is 9.90 Å². The lowest BCUT2D eigenvalue weighted by atomic mass is 10.0. The maximum Gasteiger partial charge on any atom is 0.312 e. The van der Waals surface area contributed by atoms with Gasteiger partial charge in [-0.3, -0.25) is 4.79 Å². The van der Waals surface area contributed by atoms with Gasteiger partial charge in [-0.25, -0.2) is 0 Å². The standard InChI is InChI=1S/C16H14ClNO2/c17-14-7-3-1-5-11(14)9-18-10-13(16(19)20)12-6-2-4-8-15(12)18/h1-8,13H,9-10H2,(H,19,20). The largest absolute Gasteiger partial charge is 0.481 e. The third kappa shape index (κ3) is 2.25. The molecule has 1 atom stereocenters. The van der Waals surface area contributed by atoms with Crippen LogP contribution >= 0.6 is 11.6 Å². The summed E-state index contributed by atoms with van der Waals surface area (Å²) >= 11 is 6.19. The van der Waals surface area contributed by atoms with Gasteiger partial charge in [0.1, 0.15) is 5.92 Å². The second-order valence-corrected chi connectivity index (χ2v) is 5.33. The molecule has 1 aliphatic rings. The topological polar surface area (TPSA) is 40.5 Å². The first-order chi connectivity index (χ1) is 9.66. The summed E-state index contributed by atoms with van der Waals surface area (Å²) in [7, 11) is 0. The van der Waals surface area contributed by atoms with E-state index in [0.29, 0.717) is 18.1 Å². The van der Waals surface area contributed by atoms with Crippen LogP contribution in [-0.4, -0.2) is 17.6 Å². The van der Waals surface area contributed by atoms with E-state index >= 15 is 0 Å². The molecule has 0 amide bonds. The lowest BCUT2D eigenvalue weighted by molar-refractivity contribution is -0.138. The molecule has 20 heavy (non-hydrogen) atoms. The fraction of sp³-hybridized carbons (Fsp3) is 0.188. The van der Waals surface area contributed by atoms with E-state index in [-0.39, 0.29) is 0 Å². The molecular formula is C16H14ClNO2. The summed E-state index contributed by atoms with van der Waals surface area (Å²) in [5.74, 6) is -1.24. The lowest BCUT2D eigenvalue weighted by Gasteiger charge is -2.20. The van der Waals surface area contributed by atoms with Gasteiger partial charge in [-0.2, -0.15) is 0 Å². The number of nitrogens with zero attached hydrogens (tertiary/aromatic N) is 1. The van der Waals surface area contributed by atoms with Gasteiger partial charge in [0.15, 0.2) is 0 Å². The van der Waals surface area contributed by atoms with Gasteiger partial charge in [-0.15, -0.1) is 0 Å². The Bertz CT molecular complexity index is 656. The van der Waals surface area contributed by atoms with Crippen molar-refractivity contribution in [3.63, 3.8) is 0 Å². The van der Waals surface area contributed by atoms with Crippen molar-refractivity contribution < 1.29 is 9.90 Å². The molecule has 0 radical (unpaired) electrons. The van der Waals surface area contributed by atoms with Crippen LogP contribution in [0.1, 0.15) is 17.0 Å². The van der Waals surface area contributed by atoms with Crippen LogP contribution < -0.4 is 4.90 Å². The summed E-state index contributed by atoms with van der Waals surface area (Å²) in [6.07, 6.45) is 0. The highest BCUT2D eigenvalue weighted by atomic mass is 35.5. The minimum Gasteiger partial charge on any atom is -0.481 e. The summed E-state index contributed by atoms with van der Waals surface area (Å²) in [4.78, 5) is 13.5. The van der Waals surface area contributed by atoms with Gasteiger partial charge in [0.25, 0.3) is 0 Å². The Kier molecular flexibility index (Phi) is 3.36. The van der Waals surface area contributed by atoms with Crippen LogP contribution in [-0.2, 0) is 11.3 Å². The molecule has 0 aliphatic carbocycles. The third-order valence-electron chi connectivity index (χ3n) is 3.67. The van der Waals surface area contributed by atoms with Gasteiger partial charge >= 0.3 is 5.97 Å². The summed E-state index contributed by atoms with van der Waals surface area (Å²) in [5, 5.41) is 10.1. The molecule has 0 saturated carbocycles. The fourth-order valence-corrected chi connectivity index (χ4v) is 2.88. The average Bonchev–Trinajstić information content (AvgIpc) is 2.81. The van der Waals surface area contributed by atoms with Crippen molar-refractivity contribution in [2.75, 3.05) is 11.4 Å². The molecule has 2 aromatic rings. The van der Waals surface area contributed by atoms with Crippen LogP contribution in [0, 0.1) is 0 Å². The first-order valence-electron chi connectivity index (χ1n) is 6.47. The molecule has 102 valence electrons. The van der Waals surface area contributed by atoms with Crippen molar-refractivity contribution in [3.8, 4) is 0 Å². The third-order valence-corrected chi connectivity index (χ3v) is 4.04. The van der Waals surface area contributed by atoms with E-state index in [4.69, 9.17) is 11.6 Å². The molecule has 1 N–H and O–H groups in total. The maximum atomic E-state index is 11.4. The van der Waals surface area contributed by atoms with E-state index in [1.807, 2.05) is 48.5 Å². The van der Waals surface area contributed by atoms with Crippen molar-refractivity contribution >= 4 is 23.3 Å². The van der Waals surface area contributed by atoms with Crippen LogP contribution in [0.3, 0.4) is 0 Å². The molecule has 0 aromatic heterocycles. The van der Waals surface area contributed by atoms with E-state index in [1.165, 1.54) is 0 Å². The van der Waals surface area contributed by atoms with E-state index in [0.717, 1.165) is 16.8 Å². The number of aliphatic carboxylic acids is 1. The van der Waals surface area contributed by atoms with E-state index < -0.39 is 11.9 Å². The zero-order chi connectivity index (χ0) is 14.1. The highest BCUT2D eigenvalue weighted by molar-refractivity contribution is 6.31. The van der Waals surface area contributed by atoms with Crippen LogP contribution in [0.5, 0.6) is 0 Å². The molecule has 0 fully saturated rings. The molecule has 3 nitrogen and oxygen atoms in total. The fourth-order valence-electron chi connectivity index (χ4n) is 2.68. The number of carbonyl (C=O) groups is 1. The number of carboxylic acids is 1. The Balaban J connectivity index is 1.93. The molecular weight excluding hydrogens is 274 g/mol. The van der Waals surface area contributed by atoms with Gasteiger partial charge < -0.3 is 10.0 Å². The van der Waals surface area contributed by atoms with Crippen LogP contribution in [0.4, 0.5) is 5.69 Å². The molecule has 2 aromatic carbocycles. The van der Waals surface area contributed by atoms with Crippen molar-refractivity contribution in [2.45, 2.75) is 12.5 Å². The Morgan fingerprint density at radius 1 is 1.20 bits per heavy atom. The number of hydrogen-bond donors (Lipinski definition) is 1. The number of benzene rings is 2. The SMILES string of the molecule is O=C(O)C1CN(Cc2ccccc2Cl)c2ccccc21. The molecule has 1 unspecified atom stereocenters. The number of halogens is 1. The first kappa shape index (κ1) is 13.0. The normalized spacial score (nSPS) is 17.1. The van der Waals surface area contributed by atoms with Crippen LogP contribution in [0.2, 0.25) is 5.02 Å². The number of hydrogen-bond acceptors (Lipinski definition) is 2. The number of fused-ring (bicyclic) bond motifs is 1. The number of carboxylic acid groups (broad SMARTS) is 1. The van der Waals surface area contributed by atoms with Gasteiger partial charge in [0.05, 0.1) is 0 Å². The second-order valence-electron chi connectivity index (χ2n) is 4.92. The molecule has 1 aliphatic heterocycles. The van der Waals surface area contributed by atoms with Crippen molar-refractivity contribution in [3.05, 3.63) is 64.7 Å². The molecule has 1 heterocycles. The maximum absolute atomic E-state index is 11.4. The summed E-state index contributed by atoms with van der Waals surface area (Å²) in [5.41, 5.74) is 2.88. The summed E-state index contributed by atoms with van der Waals surface area (Å²) < 4.78 is 0. The summed E-state index contributed by atoms with van der Waals surface area (Å²) in [6, 6.07) is 15.3. The number of para-hydroxylation sites is 1. The van der Waals surface area contributed by atoms with Crippen molar-refractivity contribution in [1.82, 2.24) is 0 Å². The molecule has 0 spiro atoms. The second kappa shape index (κ2) is 5.17. The van der Waals surface area contributed by atoms with Gasteiger partial charge in [-0.05, 0) is 23.3 Å². The summed E-state index contributed by atoms with van der Waals surface area (Å²) in [6.45, 7) is 1.11. The van der Waals surface area contributed by atoms with Gasteiger partial charge in [0.2, 0.25) is 0 Å². The first-order valence-corrected chi connectivity index (χ1v) is 6.84. The predicted octanol–water partition coefficient (Wildman–Crippen LogP) is 3.53. The highest BCUT2D eigenvalue weighted by Gasteiger charge is 2.33. The monoisotopic (exact) mass is 287 g/mol. The number of anilines is 1. The Morgan fingerprint density at radius 2 is 1.90 bits per heavy atom.